The molecule has 1 saturated heterocycles. The molecule has 1 atom stereocenters. The van der Waals surface area contributed by atoms with Gasteiger partial charge >= 0.3 is 0 Å². The predicted octanol–water partition coefficient (Wildman–Crippen LogP) is 3.91. The van der Waals surface area contributed by atoms with Crippen LogP contribution in [0.25, 0.3) is 10.9 Å². The largest absolute Gasteiger partial charge is 0.375 e. The van der Waals surface area contributed by atoms with Gasteiger partial charge in [0, 0.05) is 41.4 Å². The fraction of sp³-hybridized carbons (Fsp3) is 0.526. The molecule has 0 bridgehead atoms. The Bertz CT molecular complexity index is 715. The van der Waals surface area contributed by atoms with E-state index < -0.39 is 0 Å². The first kappa shape index (κ1) is 16.1. The molecule has 1 N–H and O–H groups in total. The first-order valence-corrected chi connectivity index (χ1v) is 8.41. The summed E-state index contributed by atoms with van der Waals surface area (Å²) in [5.41, 5.74) is 1.74. The molecule has 4 nitrogen and oxygen atoms in total. The van der Waals surface area contributed by atoms with Crippen LogP contribution in [0.3, 0.4) is 0 Å². The minimum Gasteiger partial charge on any atom is -0.375 e. The molecule has 1 aromatic carbocycles. The van der Waals surface area contributed by atoms with Crippen molar-refractivity contribution in [2.45, 2.75) is 58.2 Å². The Morgan fingerprint density at radius 1 is 1.35 bits per heavy atom. The van der Waals surface area contributed by atoms with Crippen molar-refractivity contribution in [3.05, 3.63) is 36.0 Å². The van der Waals surface area contributed by atoms with Crippen molar-refractivity contribution < 1.29 is 9.53 Å². The minimum absolute atomic E-state index is 0.00639. The van der Waals surface area contributed by atoms with Crippen molar-refractivity contribution in [2.75, 3.05) is 6.61 Å². The zero-order chi connectivity index (χ0) is 16.6. The average molecular weight is 314 g/mol. The van der Waals surface area contributed by atoms with E-state index in [0.717, 1.165) is 23.8 Å². The number of hydrogen-bond donors (Lipinski definition) is 1. The van der Waals surface area contributed by atoms with E-state index in [0.29, 0.717) is 12.6 Å². The van der Waals surface area contributed by atoms with E-state index in [4.69, 9.17) is 4.74 Å². The van der Waals surface area contributed by atoms with Gasteiger partial charge in [-0.25, -0.2) is 0 Å². The van der Waals surface area contributed by atoms with Crippen molar-refractivity contribution in [2.24, 2.45) is 0 Å². The van der Waals surface area contributed by atoms with Crippen LogP contribution in [-0.2, 0) is 4.74 Å². The van der Waals surface area contributed by atoms with Gasteiger partial charge < -0.3 is 14.6 Å². The highest BCUT2D eigenvalue weighted by atomic mass is 16.5. The van der Waals surface area contributed by atoms with Gasteiger partial charge in [-0.1, -0.05) is 0 Å². The molecule has 1 amide bonds. The molecule has 1 aliphatic heterocycles. The number of fused-ring (bicyclic) bond motifs is 1. The highest BCUT2D eigenvalue weighted by Crippen LogP contribution is 2.25. The summed E-state index contributed by atoms with van der Waals surface area (Å²) in [5.74, 6) is 0.00639. The molecular formula is C19H26N2O2. The highest BCUT2D eigenvalue weighted by molar-refractivity contribution is 5.98. The monoisotopic (exact) mass is 314 g/mol. The van der Waals surface area contributed by atoms with Crippen LogP contribution < -0.4 is 5.32 Å². The summed E-state index contributed by atoms with van der Waals surface area (Å²) < 4.78 is 7.93. The molecule has 1 aliphatic rings. The quantitative estimate of drug-likeness (QED) is 0.933. The summed E-state index contributed by atoms with van der Waals surface area (Å²) in [7, 11) is 0. The van der Waals surface area contributed by atoms with Gasteiger partial charge in [-0.05, 0) is 64.8 Å². The van der Waals surface area contributed by atoms with Gasteiger partial charge in [0.25, 0.3) is 5.91 Å². The molecule has 1 fully saturated rings. The third-order valence-corrected chi connectivity index (χ3v) is 4.57. The zero-order valence-electron chi connectivity index (χ0n) is 14.4. The molecule has 0 unspecified atom stereocenters. The van der Waals surface area contributed by atoms with E-state index in [1.165, 1.54) is 5.52 Å². The van der Waals surface area contributed by atoms with Gasteiger partial charge in [0.2, 0.25) is 0 Å². The highest BCUT2D eigenvalue weighted by Gasteiger charge is 2.29. The zero-order valence-corrected chi connectivity index (χ0v) is 14.4. The van der Waals surface area contributed by atoms with E-state index in [2.05, 4.69) is 49.8 Å². The van der Waals surface area contributed by atoms with Gasteiger partial charge in [-0.15, -0.1) is 0 Å². The molecule has 0 saturated carbocycles. The number of rotatable bonds is 3. The van der Waals surface area contributed by atoms with Crippen LogP contribution in [0.2, 0.25) is 0 Å². The minimum atomic E-state index is -0.158. The fourth-order valence-corrected chi connectivity index (χ4v) is 3.38. The second-order valence-electron chi connectivity index (χ2n) is 7.36. The number of hydrogen-bond acceptors (Lipinski definition) is 2. The smallest absolute Gasteiger partial charge is 0.251 e. The maximum Gasteiger partial charge on any atom is 0.251 e. The Morgan fingerprint density at radius 2 is 2.13 bits per heavy atom. The van der Waals surface area contributed by atoms with Crippen LogP contribution in [-0.4, -0.2) is 28.7 Å². The molecule has 2 aromatic rings. The standard InChI is InChI=1S/C19H26N2O2/c1-13(2)21-9-7-14-11-15(5-6-17(14)21)18(22)20-16-8-10-23-19(3,4)12-16/h5-7,9,11,13,16H,8,10,12H2,1-4H3,(H,20,22)/t16-/m1/s1. The van der Waals surface area contributed by atoms with Crippen molar-refractivity contribution >= 4 is 16.8 Å². The number of carbonyl (C=O) groups excluding carboxylic acids is 1. The lowest BCUT2D eigenvalue weighted by molar-refractivity contribution is -0.0615. The Kier molecular flexibility index (Phi) is 4.19. The van der Waals surface area contributed by atoms with Crippen LogP contribution in [0.1, 0.15) is 56.9 Å². The molecule has 124 valence electrons. The maximum atomic E-state index is 12.5. The number of ether oxygens (including phenoxy) is 1. The van der Waals surface area contributed by atoms with Gasteiger partial charge in [-0.2, -0.15) is 0 Å². The SMILES string of the molecule is CC(C)n1ccc2cc(C(=O)N[C@@H]3CCOC(C)(C)C3)ccc21. The van der Waals surface area contributed by atoms with Gasteiger partial charge in [0.15, 0.2) is 0 Å². The lowest BCUT2D eigenvalue weighted by atomic mass is 9.93. The summed E-state index contributed by atoms with van der Waals surface area (Å²) in [6, 6.07) is 8.61. The van der Waals surface area contributed by atoms with Crippen molar-refractivity contribution in [3.8, 4) is 0 Å². The van der Waals surface area contributed by atoms with E-state index in [1.54, 1.807) is 0 Å². The number of aromatic nitrogens is 1. The van der Waals surface area contributed by atoms with Crippen LogP contribution >= 0.6 is 0 Å². The normalized spacial score (nSPS) is 20.8. The summed E-state index contributed by atoms with van der Waals surface area (Å²) in [4.78, 5) is 12.5. The number of amides is 1. The van der Waals surface area contributed by atoms with E-state index in [-0.39, 0.29) is 17.6 Å². The Hall–Kier alpha value is -1.81. The topological polar surface area (TPSA) is 43.3 Å². The number of nitrogens with one attached hydrogen (secondary N) is 1. The summed E-state index contributed by atoms with van der Waals surface area (Å²) in [6.07, 6.45) is 3.81. The third-order valence-electron chi connectivity index (χ3n) is 4.57. The number of carbonyl (C=O) groups is 1. The molecule has 1 aromatic heterocycles. The Labute approximate surface area is 137 Å². The molecule has 3 rings (SSSR count). The molecule has 0 aliphatic carbocycles. The Balaban J connectivity index is 1.76. The molecule has 4 heteroatoms. The summed E-state index contributed by atoms with van der Waals surface area (Å²) >= 11 is 0. The average Bonchev–Trinajstić information content (AvgIpc) is 2.89. The van der Waals surface area contributed by atoms with Crippen molar-refractivity contribution in [1.29, 1.82) is 0 Å². The molecular weight excluding hydrogens is 288 g/mol. The number of benzene rings is 1. The van der Waals surface area contributed by atoms with E-state index in [9.17, 15) is 4.79 Å². The van der Waals surface area contributed by atoms with Gasteiger partial charge in [-0.3, -0.25) is 4.79 Å². The molecule has 2 heterocycles. The first-order chi connectivity index (χ1) is 10.9. The van der Waals surface area contributed by atoms with E-state index in [1.807, 2.05) is 18.2 Å². The summed E-state index contributed by atoms with van der Waals surface area (Å²) in [5, 5.41) is 4.27. The molecule has 23 heavy (non-hydrogen) atoms. The lowest BCUT2D eigenvalue weighted by Crippen LogP contribution is -2.45. The van der Waals surface area contributed by atoms with Gasteiger partial charge in [0.05, 0.1) is 5.60 Å². The van der Waals surface area contributed by atoms with Crippen molar-refractivity contribution in [1.82, 2.24) is 9.88 Å². The maximum absolute atomic E-state index is 12.5. The number of nitrogens with zero attached hydrogens (tertiary/aromatic N) is 1. The van der Waals surface area contributed by atoms with Crippen LogP contribution in [0, 0.1) is 0 Å². The lowest BCUT2D eigenvalue weighted by Gasteiger charge is -2.35. The molecule has 0 radical (unpaired) electrons. The predicted molar refractivity (Wildman–Crippen MR) is 92.8 cm³/mol. The van der Waals surface area contributed by atoms with Crippen LogP contribution in [0.15, 0.2) is 30.5 Å². The Morgan fingerprint density at radius 3 is 2.83 bits per heavy atom. The second-order valence-corrected chi connectivity index (χ2v) is 7.36. The second kappa shape index (κ2) is 6.00. The third kappa shape index (κ3) is 3.42. The summed E-state index contributed by atoms with van der Waals surface area (Å²) in [6.45, 7) is 9.17. The fourth-order valence-electron chi connectivity index (χ4n) is 3.38. The van der Waals surface area contributed by atoms with Crippen molar-refractivity contribution in [3.63, 3.8) is 0 Å². The van der Waals surface area contributed by atoms with Crippen LogP contribution in [0.4, 0.5) is 0 Å². The molecule has 0 spiro atoms. The first-order valence-electron chi connectivity index (χ1n) is 8.41. The van der Waals surface area contributed by atoms with Gasteiger partial charge in [0.1, 0.15) is 0 Å². The van der Waals surface area contributed by atoms with E-state index >= 15 is 0 Å². The van der Waals surface area contributed by atoms with Crippen LogP contribution in [0.5, 0.6) is 0 Å².